The third-order valence-corrected chi connectivity index (χ3v) is 10.1. The number of esters is 1. The van der Waals surface area contributed by atoms with E-state index in [0.29, 0.717) is 19.8 Å². The van der Waals surface area contributed by atoms with Crippen molar-refractivity contribution in [2.24, 2.45) is 5.92 Å². The first-order valence-corrected chi connectivity index (χ1v) is 12.8. The predicted octanol–water partition coefficient (Wildman–Crippen LogP) is 4.72. The molecule has 0 fully saturated rings. The molecule has 0 aliphatic carbocycles. The number of hydrogen-bond acceptors (Lipinski definition) is 5. The molecule has 2 atom stereocenters. The molecule has 0 unspecified atom stereocenters. The minimum Gasteiger partial charge on any atom is -0.497 e. The summed E-state index contributed by atoms with van der Waals surface area (Å²) in [5.74, 6) is 0.625. The van der Waals surface area contributed by atoms with E-state index in [9.17, 15) is 4.79 Å². The highest BCUT2D eigenvalue weighted by Crippen LogP contribution is 2.39. The van der Waals surface area contributed by atoms with Gasteiger partial charge in [0, 0.05) is 18.6 Å². The van der Waals surface area contributed by atoms with Gasteiger partial charge in [-0.3, -0.25) is 0 Å². The number of carbonyl (C=O) groups is 1. The Labute approximate surface area is 170 Å². The van der Waals surface area contributed by atoms with E-state index >= 15 is 0 Å². The highest BCUT2D eigenvalue weighted by molar-refractivity contribution is 6.74. The molecule has 0 radical (unpaired) electrons. The zero-order valence-electron chi connectivity index (χ0n) is 18.0. The van der Waals surface area contributed by atoms with E-state index < -0.39 is 8.32 Å². The molecule has 6 heteroatoms. The summed E-state index contributed by atoms with van der Waals surface area (Å²) in [5, 5.41) is 0.115. The van der Waals surface area contributed by atoms with E-state index in [1.165, 1.54) is 6.08 Å². The van der Waals surface area contributed by atoms with Crippen molar-refractivity contribution < 1.29 is 23.4 Å². The van der Waals surface area contributed by atoms with Crippen molar-refractivity contribution >= 4 is 14.3 Å². The smallest absolute Gasteiger partial charge is 0.330 e. The topological polar surface area (TPSA) is 54.0 Å². The van der Waals surface area contributed by atoms with Gasteiger partial charge >= 0.3 is 5.97 Å². The molecule has 0 spiro atoms. The Kier molecular flexibility index (Phi) is 7.86. The number of methoxy groups -OCH3 is 1. The SMILES string of the molecule is COc1ccc(COCC[C@H](O[Si](C)(C)C(C)(C)C)[C@H]2C=CC(=O)OC2)cc1. The first-order chi connectivity index (χ1) is 13.1. The van der Waals surface area contributed by atoms with Gasteiger partial charge in [-0.2, -0.15) is 0 Å². The van der Waals surface area contributed by atoms with E-state index in [4.69, 9.17) is 18.6 Å². The van der Waals surface area contributed by atoms with Crippen LogP contribution in [-0.2, 0) is 25.3 Å². The van der Waals surface area contributed by atoms with E-state index in [1.807, 2.05) is 30.3 Å². The second kappa shape index (κ2) is 9.72. The van der Waals surface area contributed by atoms with Crippen LogP contribution in [0.25, 0.3) is 0 Å². The second-order valence-corrected chi connectivity index (χ2v) is 13.5. The maximum Gasteiger partial charge on any atom is 0.330 e. The minimum absolute atomic E-state index is 0.0268. The number of benzene rings is 1. The van der Waals surface area contributed by atoms with Crippen LogP contribution in [0.3, 0.4) is 0 Å². The zero-order valence-corrected chi connectivity index (χ0v) is 19.0. The molecule has 0 N–H and O–H groups in total. The Hall–Kier alpha value is -1.63. The van der Waals surface area contributed by atoms with Crippen molar-refractivity contribution in [1.82, 2.24) is 0 Å². The third kappa shape index (κ3) is 6.46. The van der Waals surface area contributed by atoms with Crippen LogP contribution in [0.4, 0.5) is 0 Å². The normalized spacial score (nSPS) is 18.6. The van der Waals surface area contributed by atoms with Gasteiger partial charge in [0.25, 0.3) is 0 Å². The summed E-state index contributed by atoms with van der Waals surface area (Å²) in [7, 11) is -0.290. The van der Waals surface area contributed by atoms with Crippen LogP contribution in [0.2, 0.25) is 18.1 Å². The van der Waals surface area contributed by atoms with Crippen LogP contribution in [0.15, 0.2) is 36.4 Å². The summed E-state index contributed by atoms with van der Waals surface area (Å²) >= 11 is 0. The quantitative estimate of drug-likeness (QED) is 0.337. The van der Waals surface area contributed by atoms with Gasteiger partial charge in [-0.05, 0) is 42.2 Å². The summed E-state index contributed by atoms with van der Waals surface area (Å²) in [6.07, 6.45) is 4.16. The molecule has 5 nitrogen and oxygen atoms in total. The zero-order chi connectivity index (χ0) is 20.8. The molecule has 1 aliphatic heterocycles. The minimum atomic E-state index is -1.95. The van der Waals surface area contributed by atoms with Crippen molar-refractivity contribution in [3.63, 3.8) is 0 Å². The standard InChI is InChI=1S/C22H34O5Si/c1-22(2,3)28(5,6)27-20(18-9-12-21(23)26-16-18)13-14-25-15-17-7-10-19(24-4)11-8-17/h7-12,18,20H,13-16H2,1-6H3/t18-,20-/m0/s1. The molecule has 156 valence electrons. The average Bonchev–Trinajstić information content (AvgIpc) is 2.64. The number of ether oxygens (including phenoxy) is 3. The fourth-order valence-corrected chi connectivity index (χ4v) is 4.15. The highest BCUT2D eigenvalue weighted by Gasteiger charge is 2.40. The Morgan fingerprint density at radius 3 is 2.43 bits per heavy atom. The Morgan fingerprint density at radius 2 is 1.89 bits per heavy atom. The van der Waals surface area contributed by atoms with Gasteiger partial charge in [0.1, 0.15) is 12.4 Å². The van der Waals surface area contributed by atoms with Crippen molar-refractivity contribution in [2.45, 2.75) is 58.0 Å². The lowest BCUT2D eigenvalue weighted by atomic mass is 9.99. The second-order valence-electron chi connectivity index (χ2n) is 8.76. The lowest BCUT2D eigenvalue weighted by Crippen LogP contribution is -2.47. The van der Waals surface area contributed by atoms with Crippen molar-refractivity contribution in [3.05, 3.63) is 42.0 Å². The molecule has 1 aliphatic rings. The largest absolute Gasteiger partial charge is 0.497 e. The number of carbonyl (C=O) groups excluding carboxylic acids is 1. The Bertz CT molecular complexity index is 660. The summed E-state index contributed by atoms with van der Waals surface area (Å²) in [6.45, 7) is 12.7. The first-order valence-electron chi connectivity index (χ1n) is 9.86. The summed E-state index contributed by atoms with van der Waals surface area (Å²) in [4.78, 5) is 11.4. The monoisotopic (exact) mass is 406 g/mol. The van der Waals surface area contributed by atoms with E-state index in [-0.39, 0.29) is 23.0 Å². The summed E-state index contributed by atoms with van der Waals surface area (Å²) in [5.41, 5.74) is 1.11. The lowest BCUT2D eigenvalue weighted by Gasteiger charge is -2.41. The maximum atomic E-state index is 11.4. The Balaban J connectivity index is 1.94. The van der Waals surface area contributed by atoms with Crippen molar-refractivity contribution in [2.75, 3.05) is 20.3 Å². The molecule has 0 aromatic heterocycles. The molecule has 1 aromatic carbocycles. The molecule has 1 aromatic rings. The molecular weight excluding hydrogens is 372 g/mol. The fourth-order valence-electron chi connectivity index (χ4n) is 2.74. The van der Waals surface area contributed by atoms with Crippen LogP contribution in [0, 0.1) is 5.92 Å². The molecule has 28 heavy (non-hydrogen) atoms. The third-order valence-electron chi connectivity index (χ3n) is 5.60. The van der Waals surface area contributed by atoms with Crippen molar-refractivity contribution in [3.8, 4) is 5.75 Å². The number of hydrogen-bond donors (Lipinski definition) is 0. The van der Waals surface area contributed by atoms with Crippen LogP contribution in [-0.4, -0.2) is 40.7 Å². The lowest BCUT2D eigenvalue weighted by molar-refractivity contribution is -0.141. The van der Waals surface area contributed by atoms with Gasteiger partial charge in [-0.15, -0.1) is 0 Å². The highest BCUT2D eigenvalue weighted by atomic mass is 28.4. The van der Waals surface area contributed by atoms with E-state index in [1.54, 1.807) is 7.11 Å². The molecule has 2 rings (SSSR count). The summed E-state index contributed by atoms with van der Waals surface area (Å²) in [6, 6.07) is 7.88. The maximum absolute atomic E-state index is 11.4. The fraction of sp³-hybridized carbons (Fsp3) is 0.591. The Morgan fingerprint density at radius 1 is 1.21 bits per heavy atom. The predicted molar refractivity (Wildman–Crippen MR) is 113 cm³/mol. The molecule has 0 saturated heterocycles. The van der Waals surface area contributed by atoms with E-state index in [2.05, 4.69) is 33.9 Å². The van der Waals surface area contributed by atoms with Crippen molar-refractivity contribution in [1.29, 1.82) is 0 Å². The molecule has 0 saturated carbocycles. The molecule has 0 amide bonds. The molecule has 1 heterocycles. The first kappa shape index (κ1) is 22.7. The van der Waals surface area contributed by atoms with Gasteiger partial charge in [0.05, 0.1) is 19.8 Å². The van der Waals surface area contributed by atoms with Crippen LogP contribution in [0.5, 0.6) is 5.75 Å². The number of cyclic esters (lactones) is 1. The van der Waals surface area contributed by atoms with Gasteiger partial charge in [0.15, 0.2) is 8.32 Å². The molecule has 0 bridgehead atoms. The van der Waals surface area contributed by atoms with Gasteiger partial charge in [-0.25, -0.2) is 4.79 Å². The van der Waals surface area contributed by atoms with Crippen LogP contribution in [0.1, 0.15) is 32.8 Å². The van der Waals surface area contributed by atoms with Crippen LogP contribution >= 0.6 is 0 Å². The summed E-state index contributed by atoms with van der Waals surface area (Å²) < 4.78 is 23.0. The van der Waals surface area contributed by atoms with Gasteiger partial charge < -0.3 is 18.6 Å². The van der Waals surface area contributed by atoms with E-state index in [0.717, 1.165) is 17.7 Å². The van der Waals surface area contributed by atoms with Gasteiger partial charge in [0.2, 0.25) is 0 Å². The van der Waals surface area contributed by atoms with Crippen LogP contribution < -0.4 is 4.74 Å². The number of rotatable bonds is 9. The van der Waals surface area contributed by atoms with Gasteiger partial charge in [-0.1, -0.05) is 39.0 Å². The molecular formula is C22H34O5Si. The average molecular weight is 407 g/mol.